The quantitative estimate of drug-likeness (QED) is 0.0719. The summed E-state index contributed by atoms with van der Waals surface area (Å²) < 4.78 is 215. The van der Waals surface area contributed by atoms with Crippen LogP contribution in [0.5, 0.6) is 0 Å². The van der Waals surface area contributed by atoms with Gasteiger partial charge in [-0.1, -0.05) is 60.7 Å². The lowest BCUT2D eigenvalue weighted by Gasteiger charge is -2.44. The second-order valence-electron chi connectivity index (χ2n) is 12.3. The number of carbonyl (C=O) groups is 1. The fourth-order valence-corrected chi connectivity index (χ4v) is 7.80. The van der Waals surface area contributed by atoms with Gasteiger partial charge in [0.1, 0.15) is 43.2 Å². The lowest BCUT2D eigenvalue weighted by Crippen LogP contribution is -2.67. The number of nitrogens with one attached hydrogen (secondary N) is 1. The van der Waals surface area contributed by atoms with E-state index in [2.05, 4.69) is 26.2 Å². The van der Waals surface area contributed by atoms with E-state index in [-0.39, 0.29) is 6.61 Å². The maximum atomic E-state index is 13.6. The highest BCUT2D eigenvalue weighted by Crippen LogP contribution is 2.31. The zero-order valence-corrected chi connectivity index (χ0v) is 34.1. The van der Waals surface area contributed by atoms with Gasteiger partial charge < -0.3 is 29.0 Å². The lowest BCUT2D eigenvalue weighted by atomic mass is 9.97. The summed E-state index contributed by atoms with van der Waals surface area (Å²) >= 11 is 0. The molecule has 2 saturated heterocycles. The van der Waals surface area contributed by atoms with Crippen LogP contribution in [0.3, 0.4) is 0 Å². The van der Waals surface area contributed by atoms with Crippen LogP contribution < -0.4 is 5.32 Å². The molecule has 340 valence electrons. The number of carbonyl (C=O) groups excluding carboxylic acids is 1. The van der Waals surface area contributed by atoms with Gasteiger partial charge >= 0.3 is 52.0 Å². The average Bonchev–Trinajstić information content (AvgIpc) is 3.12. The van der Waals surface area contributed by atoms with E-state index >= 15 is 0 Å². The second-order valence-corrected chi connectivity index (χ2v) is 17.6. The molecule has 27 nitrogen and oxygen atoms in total. The van der Waals surface area contributed by atoms with Crippen molar-refractivity contribution in [3.8, 4) is 0 Å². The topological polar surface area (TPSA) is 393 Å². The van der Waals surface area contributed by atoms with E-state index in [4.69, 9.17) is 32.8 Å². The predicted octanol–water partition coefficient (Wildman–Crippen LogP) is -1.67. The number of benzene rings is 2. The van der Waals surface area contributed by atoms with Gasteiger partial charge in [0, 0.05) is 6.42 Å². The van der Waals surface area contributed by atoms with Crippen molar-refractivity contribution >= 4 is 57.9 Å². The lowest BCUT2D eigenvalue weighted by molar-refractivity contribution is -0.266. The van der Waals surface area contributed by atoms with Crippen LogP contribution in [0.1, 0.15) is 17.5 Å². The summed E-state index contributed by atoms with van der Waals surface area (Å²) in [4.78, 5) is 13.6. The minimum Gasteiger partial charge on any atom is -0.365 e. The molecule has 2 aromatic rings. The standard InChI is InChI=1S/C28H37NO26S5/c30-22(16-46-19-11-23(47-12-17-7-3-1-4-8-17)51-20(14-49-56(31,32)33)25(19)53-58(37,38)39)29-24-27(55-60(43,44)45)26(54-59(40,41)42)21(15-50-57(34,35)36)52-28(24)48-13-18-9-5-2-6-10-18/h1-10,19-21,23-28H,11-16H2,(H,29,30)(H,31,32,33)(H,34,35,36)(H,37,38,39)(H,40,41,42)(H,43,44,45)/t19-,20-,21-,23+,24+,25+,26-,27-,28+/m1/s1. The Morgan fingerprint density at radius 3 is 1.52 bits per heavy atom. The van der Waals surface area contributed by atoms with Crippen molar-refractivity contribution in [2.45, 2.75) is 74.9 Å². The van der Waals surface area contributed by atoms with E-state index < -0.39 is 146 Å². The Bertz CT molecular complexity index is 2280. The molecule has 2 heterocycles. The molecule has 2 aromatic carbocycles. The van der Waals surface area contributed by atoms with Gasteiger partial charge in [0.15, 0.2) is 12.6 Å². The zero-order chi connectivity index (χ0) is 44.5. The maximum Gasteiger partial charge on any atom is 0.397 e. The Morgan fingerprint density at radius 1 is 0.583 bits per heavy atom. The molecule has 2 fully saturated rings. The van der Waals surface area contributed by atoms with Crippen molar-refractivity contribution in [2.24, 2.45) is 0 Å². The van der Waals surface area contributed by atoms with Crippen LogP contribution in [0, 0.1) is 0 Å². The normalized spacial score (nSPS) is 27.0. The average molecular weight is 964 g/mol. The zero-order valence-electron chi connectivity index (χ0n) is 30.1. The Morgan fingerprint density at radius 2 is 1.03 bits per heavy atom. The molecule has 0 aliphatic carbocycles. The number of amides is 1. The molecule has 2 aliphatic rings. The van der Waals surface area contributed by atoms with Gasteiger partial charge in [-0.15, -0.1) is 0 Å². The third-order valence-corrected chi connectivity index (χ3v) is 10.1. The molecule has 32 heteroatoms. The highest BCUT2D eigenvalue weighted by molar-refractivity contribution is 7.81. The summed E-state index contributed by atoms with van der Waals surface area (Å²) in [5.41, 5.74) is 0.980. The Labute approximate surface area is 342 Å². The van der Waals surface area contributed by atoms with Crippen molar-refractivity contribution in [3.05, 3.63) is 71.8 Å². The van der Waals surface area contributed by atoms with Crippen LogP contribution in [0.4, 0.5) is 0 Å². The van der Waals surface area contributed by atoms with Gasteiger partial charge in [-0.3, -0.25) is 27.6 Å². The van der Waals surface area contributed by atoms with Crippen LogP contribution in [-0.4, -0.2) is 146 Å². The van der Waals surface area contributed by atoms with E-state index in [1.54, 1.807) is 48.5 Å². The highest BCUT2D eigenvalue weighted by atomic mass is 32.3. The van der Waals surface area contributed by atoms with Crippen molar-refractivity contribution in [1.29, 1.82) is 0 Å². The number of rotatable bonds is 22. The van der Waals surface area contributed by atoms with Gasteiger partial charge in [0.05, 0.1) is 32.5 Å². The highest BCUT2D eigenvalue weighted by Gasteiger charge is 2.53. The molecule has 0 unspecified atom stereocenters. The molecule has 0 aromatic heterocycles. The molecule has 6 N–H and O–H groups in total. The molecule has 4 rings (SSSR count). The first kappa shape index (κ1) is 49.7. The molecule has 9 atom stereocenters. The fraction of sp³-hybridized carbons (Fsp3) is 0.536. The second kappa shape index (κ2) is 21.0. The van der Waals surface area contributed by atoms with Crippen LogP contribution in [0.15, 0.2) is 60.7 Å². The smallest absolute Gasteiger partial charge is 0.365 e. The van der Waals surface area contributed by atoms with E-state index in [0.29, 0.717) is 11.1 Å². The summed E-state index contributed by atoms with van der Waals surface area (Å²) in [6, 6.07) is 13.9. The first-order valence-electron chi connectivity index (χ1n) is 16.5. The van der Waals surface area contributed by atoms with Gasteiger partial charge in [0.2, 0.25) is 5.91 Å². The van der Waals surface area contributed by atoms with Crippen molar-refractivity contribution in [3.63, 3.8) is 0 Å². The Hall–Kier alpha value is -2.94. The molecule has 0 saturated carbocycles. The minimum atomic E-state index is -5.70. The predicted molar refractivity (Wildman–Crippen MR) is 190 cm³/mol. The third kappa shape index (κ3) is 17.8. The number of hydrogen-bond acceptors (Lipinski definition) is 21. The van der Waals surface area contributed by atoms with Gasteiger partial charge in [-0.05, 0) is 11.1 Å². The van der Waals surface area contributed by atoms with Crippen molar-refractivity contribution in [1.82, 2.24) is 5.32 Å². The van der Waals surface area contributed by atoms with E-state index in [1.165, 1.54) is 12.1 Å². The molecule has 1 amide bonds. The van der Waals surface area contributed by atoms with E-state index in [0.717, 1.165) is 0 Å². The fourth-order valence-electron chi connectivity index (χ4n) is 5.64. The Balaban J connectivity index is 1.66. The van der Waals surface area contributed by atoms with Crippen molar-refractivity contribution in [2.75, 3.05) is 19.8 Å². The molecule has 2 aliphatic heterocycles. The van der Waals surface area contributed by atoms with Gasteiger partial charge in [-0.2, -0.15) is 42.1 Å². The Kier molecular flexibility index (Phi) is 17.4. The van der Waals surface area contributed by atoms with Gasteiger partial charge in [0.25, 0.3) is 0 Å². The largest absolute Gasteiger partial charge is 0.397 e. The molecule has 0 spiro atoms. The molecular weight excluding hydrogens is 927 g/mol. The molecule has 0 bridgehead atoms. The molecular formula is C28H37NO26S5. The number of ether oxygens (including phenoxy) is 5. The first-order valence-corrected chi connectivity index (χ1v) is 23.3. The van der Waals surface area contributed by atoms with Crippen LogP contribution in [-0.2, 0) is 115 Å². The van der Waals surface area contributed by atoms with E-state index in [9.17, 15) is 60.5 Å². The molecule has 60 heavy (non-hydrogen) atoms. The molecule has 0 radical (unpaired) electrons. The third-order valence-electron chi connectivity index (χ3n) is 7.88. The minimum absolute atomic E-state index is 0.168. The summed E-state index contributed by atoms with van der Waals surface area (Å²) in [5, 5.41) is 2.12. The van der Waals surface area contributed by atoms with Crippen molar-refractivity contribution < 1.29 is 114 Å². The van der Waals surface area contributed by atoms with Crippen LogP contribution in [0.2, 0.25) is 0 Å². The summed E-state index contributed by atoms with van der Waals surface area (Å²) in [5.74, 6) is -1.36. The number of hydrogen-bond donors (Lipinski definition) is 6. The van der Waals surface area contributed by atoms with Gasteiger partial charge in [-0.25, -0.2) is 20.9 Å². The van der Waals surface area contributed by atoms with Crippen LogP contribution >= 0.6 is 0 Å². The monoisotopic (exact) mass is 963 g/mol. The van der Waals surface area contributed by atoms with E-state index in [1.807, 2.05) is 0 Å². The summed E-state index contributed by atoms with van der Waals surface area (Å²) in [7, 11) is -27.3. The SMILES string of the molecule is O=C(CO[C@@H]1C[C@@H](OCc2ccccc2)O[C@H](COS(=O)(=O)O)[C@H]1OS(=O)(=O)O)N[C@@H]1[C@@H](OCc2ccccc2)O[C@H](COS(=O)(=O)O)[C@@H](OS(=O)(=O)O)[C@@H]1OS(=O)(=O)O. The maximum absolute atomic E-state index is 13.6. The summed E-state index contributed by atoms with van der Waals surface area (Å²) in [6.45, 7) is -4.42. The first-order chi connectivity index (χ1) is 27.7. The summed E-state index contributed by atoms with van der Waals surface area (Å²) in [6.07, 6.45) is -16.9. The van der Waals surface area contributed by atoms with Crippen LogP contribution in [0.25, 0.3) is 0 Å².